The molecule has 3 aromatic rings. The molecule has 1 aromatic carbocycles. The summed E-state index contributed by atoms with van der Waals surface area (Å²) < 4.78 is 9.33. The SMILES string of the molecule is CCn1nc(C)c2c1cnn2CCC(=O)N1CCN(c2ccccc2OC)CC1. The minimum Gasteiger partial charge on any atom is -0.495 e. The average Bonchev–Trinajstić information content (AvgIpc) is 3.33. The van der Waals surface area contributed by atoms with Crippen LogP contribution >= 0.6 is 0 Å². The number of hydrogen-bond acceptors (Lipinski definition) is 5. The highest BCUT2D eigenvalue weighted by atomic mass is 16.5. The van der Waals surface area contributed by atoms with Gasteiger partial charge in [-0.15, -0.1) is 0 Å². The zero-order valence-corrected chi connectivity index (χ0v) is 17.3. The van der Waals surface area contributed by atoms with E-state index in [9.17, 15) is 4.79 Å². The van der Waals surface area contributed by atoms with Gasteiger partial charge in [-0.05, 0) is 26.0 Å². The Balaban J connectivity index is 1.35. The number of fused-ring (bicyclic) bond motifs is 1. The van der Waals surface area contributed by atoms with Crippen LogP contribution in [0.4, 0.5) is 5.69 Å². The van der Waals surface area contributed by atoms with Crippen LogP contribution in [-0.4, -0.2) is 63.7 Å². The predicted molar refractivity (Wildman–Crippen MR) is 112 cm³/mol. The van der Waals surface area contributed by atoms with E-state index in [1.165, 1.54) is 0 Å². The fraction of sp³-hybridized carbons (Fsp3) is 0.476. The maximum absolute atomic E-state index is 12.8. The van der Waals surface area contributed by atoms with E-state index in [1.54, 1.807) is 7.11 Å². The Labute approximate surface area is 170 Å². The summed E-state index contributed by atoms with van der Waals surface area (Å²) in [5, 5.41) is 9.02. The zero-order chi connectivity index (χ0) is 20.4. The summed E-state index contributed by atoms with van der Waals surface area (Å²) in [6.45, 7) is 8.50. The van der Waals surface area contributed by atoms with Gasteiger partial charge in [-0.25, -0.2) is 0 Å². The summed E-state index contributed by atoms with van der Waals surface area (Å²) in [5.41, 5.74) is 4.10. The topological polar surface area (TPSA) is 68.4 Å². The molecule has 4 rings (SSSR count). The second-order valence-electron chi connectivity index (χ2n) is 7.29. The molecule has 1 saturated heterocycles. The summed E-state index contributed by atoms with van der Waals surface area (Å²) in [6, 6.07) is 8.03. The van der Waals surface area contributed by atoms with Crippen molar-refractivity contribution in [1.29, 1.82) is 0 Å². The Morgan fingerprint density at radius 2 is 1.90 bits per heavy atom. The first-order valence-electron chi connectivity index (χ1n) is 10.2. The first kappa shape index (κ1) is 19.3. The van der Waals surface area contributed by atoms with Crippen LogP contribution in [0.1, 0.15) is 19.0 Å². The van der Waals surface area contributed by atoms with Crippen molar-refractivity contribution >= 4 is 22.6 Å². The molecule has 0 unspecified atom stereocenters. The number of para-hydroxylation sites is 2. The molecule has 2 aromatic heterocycles. The van der Waals surface area contributed by atoms with Crippen LogP contribution in [0.15, 0.2) is 30.5 Å². The number of anilines is 1. The summed E-state index contributed by atoms with van der Waals surface area (Å²) in [7, 11) is 1.69. The van der Waals surface area contributed by atoms with Crippen LogP contribution in [0.25, 0.3) is 11.0 Å². The quantitative estimate of drug-likeness (QED) is 0.640. The van der Waals surface area contributed by atoms with Crippen molar-refractivity contribution in [2.75, 3.05) is 38.2 Å². The van der Waals surface area contributed by atoms with E-state index in [0.29, 0.717) is 13.0 Å². The first-order chi connectivity index (χ1) is 14.1. The number of ether oxygens (including phenoxy) is 1. The zero-order valence-electron chi connectivity index (χ0n) is 17.3. The van der Waals surface area contributed by atoms with Gasteiger partial charge in [0.15, 0.2) is 0 Å². The Morgan fingerprint density at radius 3 is 2.62 bits per heavy atom. The van der Waals surface area contributed by atoms with Crippen LogP contribution in [0.5, 0.6) is 5.75 Å². The summed E-state index contributed by atoms with van der Waals surface area (Å²) in [6.07, 6.45) is 2.29. The molecule has 8 heteroatoms. The summed E-state index contributed by atoms with van der Waals surface area (Å²) in [4.78, 5) is 17.0. The Kier molecular flexibility index (Phi) is 5.42. The van der Waals surface area contributed by atoms with Gasteiger partial charge in [0.05, 0.1) is 31.2 Å². The molecule has 29 heavy (non-hydrogen) atoms. The number of rotatable bonds is 6. The summed E-state index contributed by atoms with van der Waals surface area (Å²) >= 11 is 0. The van der Waals surface area contributed by atoms with Crippen molar-refractivity contribution in [2.45, 2.75) is 33.4 Å². The Hall–Kier alpha value is -3.03. The smallest absolute Gasteiger partial charge is 0.224 e. The number of aromatic nitrogens is 4. The van der Waals surface area contributed by atoms with Crippen molar-refractivity contribution < 1.29 is 9.53 Å². The maximum atomic E-state index is 12.8. The molecule has 0 spiro atoms. The number of carbonyl (C=O) groups excluding carboxylic acids is 1. The van der Waals surface area contributed by atoms with Gasteiger partial charge in [-0.1, -0.05) is 12.1 Å². The monoisotopic (exact) mass is 396 g/mol. The predicted octanol–water partition coefficient (Wildman–Crippen LogP) is 2.31. The molecule has 1 amide bonds. The van der Waals surface area contributed by atoms with Gasteiger partial charge in [0, 0.05) is 39.1 Å². The molecule has 154 valence electrons. The van der Waals surface area contributed by atoms with Crippen LogP contribution in [-0.2, 0) is 17.9 Å². The normalized spacial score (nSPS) is 14.6. The second kappa shape index (κ2) is 8.14. The van der Waals surface area contributed by atoms with Crippen LogP contribution in [0.2, 0.25) is 0 Å². The molecule has 0 bridgehead atoms. The largest absolute Gasteiger partial charge is 0.495 e. The second-order valence-corrected chi connectivity index (χ2v) is 7.29. The lowest BCUT2D eigenvalue weighted by Gasteiger charge is -2.36. The number of hydrogen-bond donors (Lipinski definition) is 0. The summed E-state index contributed by atoms with van der Waals surface area (Å²) in [5.74, 6) is 1.05. The van der Waals surface area contributed by atoms with E-state index in [0.717, 1.165) is 60.9 Å². The number of piperazine rings is 1. The van der Waals surface area contributed by atoms with Gasteiger partial charge < -0.3 is 14.5 Å². The number of carbonyl (C=O) groups is 1. The van der Waals surface area contributed by atoms with Crippen molar-refractivity contribution in [1.82, 2.24) is 24.5 Å². The van der Waals surface area contributed by atoms with Gasteiger partial charge in [0.25, 0.3) is 0 Å². The fourth-order valence-electron chi connectivity index (χ4n) is 4.08. The lowest BCUT2D eigenvalue weighted by molar-refractivity contribution is -0.131. The molecule has 1 aliphatic heterocycles. The lowest BCUT2D eigenvalue weighted by atomic mass is 10.2. The van der Waals surface area contributed by atoms with E-state index in [-0.39, 0.29) is 5.91 Å². The van der Waals surface area contributed by atoms with Gasteiger partial charge in [0.1, 0.15) is 16.8 Å². The number of nitrogens with zero attached hydrogens (tertiary/aromatic N) is 6. The Morgan fingerprint density at radius 1 is 1.14 bits per heavy atom. The number of benzene rings is 1. The third-order valence-corrected chi connectivity index (χ3v) is 5.61. The molecule has 0 aliphatic carbocycles. The van der Waals surface area contributed by atoms with Gasteiger partial charge in [-0.3, -0.25) is 14.2 Å². The minimum atomic E-state index is 0.175. The van der Waals surface area contributed by atoms with E-state index >= 15 is 0 Å². The van der Waals surface area contributed by atoms with Crippen LogP contribution < -0.4 is 9.64 Å². The van der Waals surface area contributed by atoms with Crippen molar-refractivity contribution in [3.05, 3.63) is 36.2 Å². The van der Waals surface area contributed by atoms with Crippen LogP contribution in [0, 0.1) is 6.92 Å². The third-order valence-electron chi connectivity index (χ3n) is 5.61. The molecule has 1 aliphatic rings. The van der Waals surface area contributed by atoms with Gasteiger partial charge in [-0.2, -0.15) is 10.2 Å². The highest BCUT2D eigenvalue weighted by Gasteiger charge is 2.23. The molecular weight excluding hydrogens is 368 g/mol. The molecule has 1 fully saturated rings. The third kappa shape index (κ3) is 3.66. The highest BCUT2D eigenvalue weighted by Crippen LogP contribution is 2.28. The fourth-order valence-corrected chi connectivity index (χ4v) is 4.08. The first-order valence-corrected chi connectivity index (χ1v) is 10.2. The molecule has 0 N–H and O–H groups in total. The van der Waals surface area contributed by atoms with E-state index in [4.69, 9.17) is 4.74 Å². The maximum Gasteiger partial charge on any atom is 0.224 e. The Bertz CT molecular complexity index is 1000. The van der Waals surface area contributed by atoms with Crippen LogP contribution in [0.3, 0.4) is 0 Å². The van der Waals surface area contributed by atoms with Gasteiger partial charge in [0.2, 0.25) is 5.91 Å². The highest BCUT2D eigenvalue weighted by molar-refractivity contribution is 5.79. The minimum absolute atomic E-state index is 0.175. The number of methoxy groups -OCH3 is 1. The van der Waals surface area contributed by atoms with Crippen molar-refractivity contribution in [3.63, 3.8) is 0 Å². The van der Waals surface area contributed by atoms with Crippen molar-refractivity contribution in [3.8, 4) is 5.75 Å². The molecule has 0 saturated carbocycles. The number of amides is 1. The molecule has 8 nitrogen and oxygen atoms in total. The average molecular weight is 396 g/mol. The molecule has 0 radical (unpaired) electrons. The van der Waals surface area contributed by atoms with E-state index < -0.39 is 0 Å². The van der Waals surface area contributed by atoms with E-state index in [1.807, 2.05) is 45.6 Å². The molecular formula is C21H28N6O2. The van der Waals surface area contributed by atoms with E-state index in [2.05, 4.69) is 28.1 Å². The molecule has 3 heterocycles. The molecule has 0 atom stereocenters. The van der Waals surface area contributed by atoms with Crippen molar-refractivity contribution in [2.24, 2.45) is 0 Å². The standard InChI is InChI=1S/C21H28N6O2/c1-4-26-18-15-22-27(21(18)16(2)23-26)10-9-20(28)25-13-11-24(12-14-25)17-7-5-6-8-19(17)29-3/h5-8,15H,4,9-14H2,1-3H3. The number of aryl methyl sites for hydroxylation is 3. The van der Waals surface area contributed by atoms with Gasteiger partial charge >= 0.3 is 0 Å². The lowest BCUT2D eigenvalue weighted by Crippen LogP contribution is -2.49.